The summed E-state index contributed by atoms with van der Waals surface area (Å²) in [5, 5.41) is -0.260. The van der Waals surface area contributed by atoms with Crippen molar-refractivity contribution in [3.63, 3.8) is 0 Å². The maximum absolute atomic E-state index is 12.6. The van der Waals surface area contributed by atoms with Crippen LogP contribution in [0.15, 0.2) is 53.4 Å². The standard InChI is InChI=1S/C21H22N2O3S/c1-15-6-4-5-7-18(15)26-13-12-23-20(24)19(27-21(23)25)14-16-8-10-17(11-9-16)22(2)3/h4-11,14H,12-13H2,1-3H3. The van der Waals surface area contributed by atoms with Gasteiger partial charge in [0, 0.05) is 19.8 Å². The number of aryl methyl sites for hydroxylation is 1. The second kappa shape index (κ2) is 8.31. The van der Waals surface area contributed by atoms with Crippen LogP contribution in [-0.2, 0) is 4.79 Å². The van der Waals surface area contributed by atoms with Gasteiger partial charge in [-0.25, -0.2) is 0 Å². The number of carbonyl (C=O) groups is 2. The number of anilines is 1. The van der Waals surface area contributed by atoms with E-state index in [4.69, 9.17) is 4.74 Å². The molecule has 2 amide bonds. The van der Waals surface area contributed by atoms with E-state index in [-0.39, 0.29) is 24.3 Å². The zero-order chi connectivity index (χ0) is 19.4. The molecule has 1 heterocycles. The van der Waals surface area contributed by atoms with Gasteiger partial charge in [0.05, 0.1) is 11.4 Å². The minimum atomic E-state index is -0.268. The summed E-state index contributed by atoms with van der Waals surface area (Å²) in [5.74, 6) is 0.496. The lowest BCUT2D eigenvalue weighted by Crippen LogP contribution is -2.32. The fourth-order valence-electron chi connectivity index (χ4n) is 2.68. The highest BCUT2D eigenvalue weighted by molar-refractivity contribution is 8.18. The highest BCUT2D eigenvalue weighted by atomic mass is 32.2. The predicted molar refractivity (Wildman–Crippen MR) is 110 cm³/mol. The van der Waals surface area contributed by atoms with Crippen molar-refractivity contribution in [3.8, 4) is 5.75 Å². The molecular weight excluding hydrogens is 360 g/mol. The molecule has 0 N–H and O–H groups in total. The van der Waals surface area contributed by atoms with Crippen molar-refractivity contribution < 1.29 is 14.3 Å². The molecule has 140 valence electrons. The van der Waals surface area contributed by atoms with E-state index in [0.29, 0.717) is 4.91 Å². The maximum Gasteiger partial charge on any atom is 0.293 e. The molecule has 6 heteroatoms. The Morgan fingerprint density at radius 1 is 1.07 bits per heavy atom. The zero-order valence-corrected chi connectivity index (χ0v) is 16.5. The fraction of sp³-hybridized carbons (Fsp3) is 0.238. The minimum absolute atomic E-state index is 0.232. The molecule has 0 atom stereocenters. The quantitative estimate of drug-likeness (QED) is 0.702. The fourth-order valence-corrected chi connectivity index (χ4v) is 3.54. The van der Waals surface area contributed by atoms with Crippen molar-refractivity contribution in [2.24, 2.45) is 0 Å². The van der Waals surface area contributed by atoms with Crippen molar-refractivity contribution in [1.29, 1.82) is 0 Å². The van der Waals surface area contributed by atoms with Gasteiger partial charge in [0.25, 0.3) is 11.1 Å². The molecule has 0 radical (unpaired) electrons. The summed E-state index contributed by atoms with van der Waals surface area (Å²) in [6.45, 7) is 2.46. The van der Waals surface area contributed by atoms with E-state index in [1.54, 1.807) is 6.08 Å². The largest absolute Gasteiger partial charge is 0.491 e. The molecule has 0 unspecified atom stereocenters. The number of thioether (sulfide) groups is 1. The molecule has 27 heavy (non-hydrogen) atoms. The van der Waals surface area contributed by atoms with Crippen LogP contribution < -0.4 is 9.64 Å². The summed E-state index contributed by atoms with van der Waals surface area (Å²) in [6, 6.07) is 15.5. The van der Waals surface area contributed by atoms with Gasteiger partial charge < -0.3 is 9.64 Å². The normalized spacial score (nSPS) is 15.5. The van der Waals surface area contributed by atoms with E-state index < -0.39 is 0 Å². The number of hydrogen-bond donors (Lipinski definition) is 0. The third-order valence-corrected chi connectivity index (χ3v) is 5.15. The van der Waals surface area contributed by atoms with E-state index in [1.807, 2.05) is 74.4 Å². The lowest BCUT2D eigenvalue weighted by molar-refractivity contribution is -0.123. The van der Waals surface area contributed by atoms with Crippen LogP contribution in [0.4, 0.5) is 10.5 Å². The van der Waals surface area contributed by atoms with E-state index >= 15 is 0 Å². The van der Waals surface area contributed by atoms with Gasteiger partial charge in [-0.2, -0.15) is 0 Å². The Morgan fingerprint density at radius 3 is 2.44 bits per heavy atom. The molecular formula is C21H22N2O3S. The molecule has 3 rings (SSSR count). The Balaban J connectivity index is 1.63. The van der Waals surface area contributed by atoms with Gasteiger partial charge in [0.2, 0.25) is 0 Å². The number of para-hydroxylation sites is 1. The van der Waals surface area contributed by atoms with Crippen LogP contribution in [0.3, 0.4) is 0 Å². The third-order valence-electron chi connectivity index (χ3n) is 4.25. The van der Waals surface area contributed by atoms with Crippen molar-refractivity contribution in [2.75, 3.05) is 32.1 Å². The molecule has 1 aliphatic heterocycles. The molecule has 0 spiro atoms. The Labute approximate surface area is 163 Å². The lowest BCUT2D eigenvalue weighted by Gasteiger charge is -2.14. The lowest BCUT2D eigenvalue weighted by atomic mass is 10.2. The minimum Gasteiger partial charge on any atom is -0.491 e. The van der Waals surface area contributed by atoms with Gasteiger partial charge in [0.1, 0.15) is 12.4 Å². The van der Waals surface area contributed by atoms with Crippen molar-refractivity contribution in [1.82, 2.24) is 4.90 Å². The molecule has 0 saturated carbocycles. The summed E-state index contributed by atoms with van der Waals surface area (Å²) in [6.07, 6.45) is 1.76. The first-order valence-corrected chi connectivity index (χ1v) is 9.48. The Morgan fingerprint density at radius 2 is 1.78 bits per heavy atom. The first kappa shape index (κ1) is 19.0. The number of ether oxygens (including phenoxy) is 1. The monoisotopic (exact) mass is 382 g/mol. The molecule has 5 nitrogen and oxygen atoms in total. The van der Waals surface area contributed by atoms with E-state index in [1.165, 1.54) is 4.90 Å². The van der Waals surface area contributed by atoms with Gasteiger partial charge in [-0.3, -0.25) is 14.5 Å². The molecule has 2 aromatic carbocycles. The SMILES string of the molecule is Cc1ccccc1OCCN1C(=O)SC(=Cc2ccc(N(C)C)cc2)C1=O. The molecule has 0 aromatic heterocycles. The van der Waals surface area contributed by atoms with Gasteiger partial charge in [-0.1, -0.05) is 30.3 Å². The molecule has 1 aliphatic rings. The Hall–Kier alpha value is -2.73. The molecule has 0 aliphatic carbocycles. The summed E-state index contributed by atoms with van der Waals surface area (Å²) in [4.78, 5) is 28.4. The second-order valence-corrected chi connectivity index (χ2v) is 7.43. The van der Waals surface area contributed by atoms with Crippen molar-refractivity contribution >= 4 is 34.7 Å². The average Bonchev–Trinajstić information content (AvgIpc) is 2.91. The Kier molecular flexibility index (Phi) is 5.86. The number of hydrogen-bond acceptors (Lipinski definition) is 5. The summed E-state index contributed by atoms with van der Waals surface area (Å²) in [7, 11) is 3.94. The first-order chi connectivity index (χ1) is 13.0. The molecule has 1 fully saturated rings. The predicted octanol–water partition coefficient (Wildman–Crippen LogP) is 4.18. The van der Waals surface area contributed by atoms with Crippen LogP contribution in [0.1, 0.15) is 11.1 Å². The number of amides is 2. The van der Waals surface area contributed by atoms with Gasteiger partial charge >= 0.3 is 0 Å². The van der Waals surface area contributed by atoms with Crippen LogP contribution in [-0.4, -0.2) is 43.3 Å². The molecule has 1 saturated heterocycles. The van der Waals surface area contributed by atoms with E-state index in [9.17, 15) is 9.59 Å². The van der Waals surface area contributed by atoms with Crippen LogP contribution in [0.25, 0.3) is 6.08 Å². The summed E-state index contributed by atoms with van der Waals surface area (Å²) in [5.41, 5.74) is 2.99. The number of nitrogens with zero attached hydrogens (tertiary/aromatic N) is 2. The summed E-state index contributed by atoms with van der Waals surface area (Å²) < 4.78 is 5.70. The molecule has 0 bridgehead atoms. The van der Waals surface area contributed by atoms with Crippen LogP contribution in [0, 0.1) is 6.92 Å². The second-order valence-electron chi connectivity index (χ2n) is 6.43. The highest BCUT2D eigenvalue weighted by Crippen LogP contribution is 2.32. The third kappa shape index (κ3) is 4.52. The van der Waals surface area contributed by atoms with Crippen LogP contribution in [0.2, 0.25) is 0 Å². The van der Waals surface area contributed by atoms with Gasteiger partial charge in [-0.05, 0) is 54.1 Å². The van der Waals surface area contributed by atoms with Crippen LogP contribution >= 0.6 is 11.8 Å². The maximum atomic E-state index is 12.6. The summed E-state index contributed by atoms with van der Waals surface area (Å²) >= 11 is 0.969. The van der Waals surface area contributed by atoms with Crippen LogP contribution in [0.5, 0.6) is 5.75 Å². The average molecular weight is 382 g/mol. The number of rotatable bonds is 6. The number of carbonyl (C=O) groups excluding carboxylic acids is 2. The van der Waals surface area contributed by atoms with Crippen molar-refractivity contribution in [3.05, 3.63) is 64.6 Å². The van der Waals surface area contributed by atoms with Gasteiger partial charge in [-0.15, -0.1) is 0 Å². The number of imide groups is 1. The van der Waals surface area contributed by atoms with E-state index in [2.05, 4.69) is 0 Å². The topological polar surface area (TPSA) is 49.9 Å². The highest BCUT2D eigenvalue weighted by Gasteiger charge is 2.34. The Bertz CT molecular complexity index is 875. The first-order valence-electron chi connectivity index (χ1n) is 8.67. The van der Waals surface area contributed by atoms with E-state index in [0.717, 1.165) is 34.3 Å². The van der Waals surface area contributed by atoms with Gasteiger partial charge in [0.15, 0.2) is 0 Å². The zero-order valence-electron chi connectivity index (χ0n) is 15.6. The van der Waals surface area contributed by atoms with Crippen molar-refractivity contribution in [2.45, 2.75) is 6.92 Å². The molecule has 2 aromatic rings. The number of benzene rings is 2. The smallest absolute Gasteiger partial charge is 0.293 e.